The Kier molecular flexibility index (Phi) is 7.33. The number of anilines is 2. The SMILES string of the molecule is CC(=O)N1CC(CCN2CCN(c3ccc(Cl)c(Cl)c3)CC2)c2ccccc21.Cl. The highest BCUT2D eigenvalue weighted by Gasteiger charge is 2.30. The van der Waals surface area contributed by atoms with E-state index in [-0.39, 0.29) is 18.3 Å². The minimum absolute atomic E-state index is 0. The summed E-state index contributed by atoms with van der Waals surface area (Å²) in [5, 5.41) is 1.21. The molecule has 1 atom stereocenters. The van der Waals surface area contributed by atoms with Crippen LogP contribution in [0.3, 0.4) is 0 Å². The third-order valence-electron chi connectivity index (χ3n) is 5.88. The number of benzene rings is 2. The monoisotopic (exact) mass is 453 g/mol. The molecular formula is C22H26Cl3N3O. The molecule has 1 amide bonds. The summed E-state index contributed by atoms with van der Waals surface area (Å²) in [6.45, 7) is 7.55. The van der Waals surface area contributed by atoms with Crippen LogP contribution in [-0.4, -0.2) is 50.1 Å². The molecule has 1 unspecified atom stereocenters. The molecule has 0 saturated carbocycles. The van der Waals surface area contributed by atoms with Crippen LogP contribution in [0.5, 0.6) is 0 Å². The molecule has 2 aromatic carbocycles. The quantitative estimate of drug-likeness (QED) is 0.645. The predicted molar refractivity (Wildman–Crippen MR) is 124 cm³/mol. The molecule has 0 bridgehead atoms. The molecule has 4 rings (SSSR count). The number of nitrogens with zero attached hydrogens (tertiary/aromatic N) is 3. The molecule has 0 radical (unpaired) electrons. The fourth-order valence-electron chi connectivity index (χ4n) is 4.29. The molecule has 2 heterocycles. The highest BCUT2D eigenvalue weighted by Crippen LogP contribution is 2.38. The molecule has 0 N–H and O–H groups in total. The Labute approximate surface area is 188 Å². The summed E-state index contributed by atoms with van der Waals surface area (Å²) in [6.07, 6.45) is 1.08. The fraction of sp³-hybridized carbons (Fsp3) is 0.409. The molecule has 156 valence electrons. The number of piperazine rings is 1. The summed E-state index contributed by atoms with van der Waals surface area (Å²) in [5.41, 5.74) is 3.53. The zero-order chi connectivity index (χ0) is 19.7. The van der Waals surface area contributed by atoms with Gasteiger partial charge in [-0.25, -0.2) is 0 Å². The van der Waals surface area contributed by atoms with Crippen LogP contribution < -0.4 is 9.80 Å². The van der Waals surface area contributed by atoms with Crippen molar-refractivity contribution in [2.45, 2.75) is 19.3 Å². The van der Waals surface area contributed by atoms with Crippen molar-refractivity contribution in [3.8, 4) is 0 Å². The maximum absolute atomic E-state index is 12.0. The van der Waals surface area contributed by atoms with Crippen molar-refractivity contribution in [3.63, 3.8) is 0 Å². The van der Waals surface area contributed by atoms with Crippen molar-refractivity contribution >= 4 is 52.9 Å². The van der Waals surface area contributed by atoms with Gasteiger partial charge in [-0.2, -0.15) is 0 Å². The lowest BCUT2D eigenvalue weighted by Crippen LogP contribution is -2.46. The van der Waals surface area contributed by atoms with E-state index in [1.54, 1.807) is 6.92 Å². The maximum atomic E-state index is 12.0. The summed E-state index contributed by atoms with van der Waals surface area (Å²) in [7, 11) is 0. The first-order valence-corrected chi connectivity index (χ1v) is 10.6. The van der Waals surface area contributed by atoms with Gasteiger partial charge in [-0.05, 0) is 42.8 Å². The summed E-state index contributed by atoms with van der Waals surface area (Å²) >= 11 is 12.2. The third-order valence-corrected chi connectivity index (χ3v) is 6.62. The van der Waals surface area contributed by atoms with Crippen molar-refractivity contribution in [1.29, 1.82) is 0 Å². The number of hydrogen-bond donors (Lipinski definition) is 0. The number of carbonyl (C=O) groups excluding carboxylic acids is 1. The Balaban J connectivity index is 0.00000240. The summed E-state index contributed by atoms with van der Waals surface area (Å²) < 4.78 is 0. The van der Waals surface area contributed by atoms with Gasteiger partial charge in [0.15, 0.2) is 0 Å². The molecule has 1 saturated heterocycles. The van der Waals surface area contributed by atoms with E-state index >= 15 is 0 Å². The largest absolute Gasteiger partial charge is 0.369 e. The van der Waals surface area contributed by atoms with Crippen molar-refractivity contribution in [1.82, 2.24) is 4.90 Å². The zero-order valence-corrected chi connectivity index (χ0v) is 18.8. The fourth-order valence-corrected chi connectivity index (χ4v) is 4.58. The van der Waals surface area contributed by atoms with E-state index < -0.39 is 0 Å². The maximum Gasteiger partial charge on any atom is 0.223 e. The van der Waals surface area contributed by atoms with Crippen LogP contribution in [0.2, 0.25) is 10.0 Å². The van der Waals surface area contributed by atoms with Crippen LogP contribution >= 0.6 is 35.6 Å². The predicted octanol–water partition coefficient (Wildman–Crippen LogP) is 5.08. The van der Waals surface area contributed by atoms with Crippen molar-refractivity contribution in [2.24, 2.45) is 0 Å². The summed E-state index contributed by atoms with van der Waals surface area (Å²) in [6, 6.07) is 14.2. The highest BCUT2D eigenvalue weighted by atomic mass is 35.5. The highest BCUT2D eigenvalue weighted by molar-refractivity contribution is 6.42. The second-order valence-corrected chi connectivity index (χ2v) is 8.42. The summed E-state index contributed by atoms with van der Waals surface area (Å²) in [5.74, 6) is 0.554. The van der Waals surface area contributed by atoms with Gasteiger partial charge < -0.3 is 9.80 Å². The van der Waals surface area contributed by atoms with Crippen LogP contribution in [0.15, 0.2) is 42.5 Å². The third kappa shape index (κ3) is 4.83. The number of carbonyl (C=O) groups is 1. The Morgan fingerprint density at radius 3 is 2.45 bits per heavy atom. The van der Waals surface area contributed by atoms with Crippen LogP contribution in [0, 0.1) is 0 Å². The topological polar surface area (TPSA) is 26.8 Å². The number of hydrogen-bond acceptors (Lipinski definition) is 3. The molecule has 29 heavy (non-hydrogen) atoms. The molecule has 4 nitrogen and oxygen atoms in total. The minimum atomic E-state index is 0. The Hall–Kier alpha value is -1.46. The smallest absolute Gasteiger partial charge is 0.223 e. The van der Waals surface area contributed by atoms with Gasteiger partial charge in [0.1, 0.15) is 0 Å². The van der Waals surface area contributed by atoms with Gasteiger partial charge in [-0.1, -0.05) is 41.4 Å². The van der Waals surface area contributed by atoms with Gasteiger partial charge in [0.05, 0.1) is 10.0 Å². The van der Waals surface area contributed by atoms with E-state index in [9.17, 15) is 4.79 Å². The van der Waals surface area contributed by atoms with E-state index in [2.05, 4.69) is 28.0 Å². The van der Waals surface area contributed by atoms with Crippen molar-refractivity contribution in [3.05, 3.63) is 58.1 Å². The van der Waals surface area contributed by atoms with E-state index in [1.807, 2.05) is 29.2 Å². The number of rotatable bonds is 4. The molecule has 7 heteroatoms. The first-order chi connectivity index (χ1) is 13.5. The standard InChI is InChI=1S/C22H25Cl2N3O.ClH/c1-16(28)27-15-17(19-4-2-3-5-22(19)27)8-9-25-10-12-26(13-11-25)18-6-7-20(23)21(24)14-18;/h2-7,14,17H,8-13,15H2,1H3;1H. The molecule has 2 aromatic rings. The lowest BCUT2D eigenvalue weighted by atomic mass is 9.97. The second-order valence-electron chi connectivity index (χ2n) is 7.60. The van der Waals surface area contributed by atoms with Crippen LogP contribution in [0.4, 0.5) is 11.4 Å². The average Bonchev–Trinajstić information content (AvgIpc) is 3.08. The Morgan fingerprint density at radius 1 is 1.03 bits per heavy atom. The normalized spacial score (nSPS) is 19.1. The molecule has 0 aliphatic carbocycles. The van der Waals surface area contributed by atoms with Gasteiger partial charge in [0.25, 0.3) is 0 Å². The lowest BCUT2D eigenvalue weighted by Gasteiger charge is -2.36. The van der Waals surface area contributed by atoms with Crippen LogP contribution in [0.1, 0.15) is 24.8 Å². The van der Waals surface area contributed by atoms with Gasteiger partial charge in [0, 0.05) is 56.9 Å². The number of fused-ring (bicyclic) bond motifs is 1. The molecule has 0 spiro atoms. The first kappa shape index (κ1) is 22.2. The van der Waals surface area contributed by atoms with Crippen LogP contribution in [-0.2, 0) is 4.79 Å². The number of amides is 1. The Morgan fingerprint density at radius 2 is 1.76 bits per heavy atom. The molecule has 2 aliphatic heterocycles. The minimum Gasteiger partial charge on any atom is -0.369 e. The van der Waals surface area contributed by atoms with Crippen molar-refractivity contribution < 1.29 is 4.79 Å². The number of para-hydroxylation sites is 1. The van der Waals surface area contributed by atoms with Crippen LogP contribution in [0.25, 0.3) is 0 Å². The van der Waals surface area contributed by atoms with E-state index in [1.165, 1.54) is 5.56 Å². The van der Waals surface area contributed by atoms with E-state index in [0.29, 0.717) is 16.0 Å². The van der Waals surface area contributed by atoms with Gasteiger partial charge in [-0.15, -0.1) is 12.4 Å². The zero-order valence-electron chi connectivity index (χ0n) is 16.5. The molecular weight excluding hydrogens is 429 g/mol. The molecule has 2 aliphatic rings. The second kappa shape index (κ2) is 9.57. The summed E-state index contributed by atoms with van der Waals surface area (Å²) in [4.78, 5) is 18.8. The average molecular weight is 455 g/mol. The van der Waals surface area contributed by atoms with E-state index in [4.69, 9.17) is 23.2 Å². The molecule has 0 aromatic heterocycles. The first-order valence-electron chi connectivity index (χ1n) is 9.82. The Bertz CT molecular complexity index is 868. The van der Waals surface area contributed by atoms with Gasteiger partial charge >= 0.3 is 0 Å². The van der Waals surface area contributed by atoms with E-state index in [0.717, 1.165) is 57.1 Å². The van der Waals surface area contributed by atoms with Crippen molar-refractivity contribution in [2.75, 3.05) is 49.1 Å². The molecule has 1 fully saturated rings. The lowest BCUT2D eigenvalue weighted by molar-refractivity contribution is -0.116. The number of halogens is 3. The van der Waals surface area contributed by atoms with Gasteiger partial charge in [0.2, 0.25) is 5.91 Å². The van der Waals surface area contributed by atoms with Gasteiger partial charge in [-0.3, -0.25) is 9.69 Å².